The Bertz CT molecular complexity index is 518. The highest BCUT2D eigenvalue weighted by Crippen LogP contribution is 2.11. The third-order valence-electron chi connectivity index (χ3n) is 2.94. The molecule has 0 saturated heterocycles. The number of para-hydroxylation sites is 1. The summed E-state index contributed by atoms with van der Waals surface area (Å²) in [5.41, 5.74) is 0.965. The molecule has 5 heteroatoms. The number of aromatic nitrogens is 2. The van der Waals surface area contributed by atoms with Crippen LogP contribution in [0.5, 0.6) is 0 Å². The Balaban J connectivity index is 1.84. The molecule has 0 amide bonds. The maximum atomic E-state index is 5.04. The van der Waals surface area contributed by atoms with Crippen molar-refractivity contribution in [1.29, 1.82) is 0 Å². The quantitative estimate of drug-likeness (QED) is 0.820. The lowest BCUT2D eigenvalue weighted by Gasteiger charge is -2.16. The number of ether oxygens (including phenoxy) is 1. The van der Waals surface area contributed by atoms with Crippen LogP contribution in [0.25, 0.3) is 10.9 Å². The molecule has 1 aromatic carbocycles. The van der Waals surface area contributed by atoms with Crippen molar-refractivity contribution in [3.05, 3.63) is 30.5 Å². The Hall–Kier alpha value is -1.72. The van der Waals surface area contributed by atoms with Crippen molar-refractivity contribution >= 4 is 16.9 Å². The van der Waals surface area contributed by atoms with Gasteiger partial charge in [-0.25, -0.2) is 9.97 Å². The summed E-state index contributed by atoms with van der Waals surface area (Å²) in [6, 6.07) is 7.98. The van der Waals surface area contributed by atoms with Gasteiger partial charge in [-0.3, -0.25) is 0 Å². The molecule has 1 N–H and O–H groups in total. The number of benzene rings is 1. The summed E-state index contributed by atoms with van der Waals surface area (Å²) in [6.45, 7) is 3.43. The van der Waals surface area contributed by atoms with Gasteiger partial charge in [0.05, 0.1) is 12.1 Å². The van der Waals surface area contributed by atoms with Gasteiger partial charge in [0.25, 0.3) is 0 Å². The molecule has 0 aliphatic rings. The third-order valence-corrected chi connectivity index (χ3v) is 2.94. The molecular formula is C14H20N4O. The van der Waals surface area contributed by atoms with Crippen molar-refractivity contribution in [2.45, 2.75) is 0 Å². The molecule has 1 heterocycles. The minimum absolute atomic E-state index is 0.679. The molecule has 0 atom stereocenters. The largest absolute Gasteiger partial charge is 0.383 e. The lowest BCUT2D eigenvalue weighted by Crippen LogP contribution is -2.28. The molecule has 0 fully saturated rings. The van der Waals surface area contributed by atoms with Crippen LogP contribution in [0, 0.1) is 0 Å². The van der Waals surface area contributed by atoms with Crippen LogP contribution in [0.1, 0.15) is 0 Å². The molecule has 0 aliphatic carbocycles. The number of fused-ring (bicyclic) bond motifs is 1. The number of anilines is 1. The maximum Gasteiger partial charge on any atom is 0.223 e. The first-order valence-corrected chi connectivity index (χ1v) is 6.43. The molecule has 0 bridgehead atoms. The van der Waals surface area contributed by atoms with E-state index in [0.717, 1.165) is 37.1 Å². The van der Waals surface area contributed by atoms with E-state index in [1.54, 1.807) is 7.11 Å². The van der Waals surface area contributed by atoms with Crippen molar-refractivity contribution in [1.82, 2.24) is 14.9 Å². The van der Waals surface area contributed by atoms with Crippen molar-refractivity contribution < 1.29 is 4.74 Å². The Morgan fingerprint density at radius 1 is 1.26 bits per heavy atom. The average molecular weight is 260 g/mol. The normalized spacial score (nSPS) is 11.1. The number of hydrogen-bond donors (Lipinski definition) is 1. The number of nitrogens with one attached hydrogen (secondary N) is 1. The molecule has 0 saturated carbocycles. The summed E-state index contributed by atoms with van der Waals surface area (Å²) in [5, 5.41) is 4.30. The molecule has 2 aromatic rings. The van der Waals surface area contributed by atoms with Gasteiger partial charge >= 0.3 is 0 Å². The minimum atomic E-state index is 0.679. The van der Waals surface area contributed by atoms with E-state index < -0.39 is 0 Å². The van der Waals surface area contributed by atoms with Crippen LogP contribution < -0.4 is 5.32 Å². The van der Waals surface area contributed by atoms with Crippen LogP contribution >= 0.6 is 0 Å². The van der Waals surface area contributed by atoms with Crippen LogP contribution in [0.3, 0.4) is 0 Å². The molecular weight excluding hydrogens is 240 g/mol. The molecule has 0 radical (unpaired) electrons. The Labute approximate surface area is 113 Å². The Morgan fingerprint density at radius 2 is 2.11 bits per heavy atom. The first-order valence-electron chi connectivity index (χ1n) is 6.43. The molecule has 5 nitrogen and oxygen atoms in total. The Morgan fingerprint density at radius 3 is 2.95 bits per heavy atom. The van der Waals surface area contributed by atoms with Crippen LogP contribution in [-0.4, -0.2) is 55.3 Å². The number of likely N-dealkylation sites (N-methyl/N-ethyl adjacent to an activating group) is 1. The van der Waals surface area contributed by atoms with Gasteiger partial charge in [0.1, 0.15) is 0 Å². The molecule has 0 aliphatic heterocycles. The van der Waals surface area contributed by atoms with Crippen LogP contribution in [-0.2, 0) is 4.74 Å². The lowest BCUT2D eigenvalue weighted by atomic mass is 10.2. The highest BCUT2D eigenvalue weighted by molar-refractivity contribution is 5.78. The fraction of sp³-hybridized carbons (Fsp3) is 0.429. The summed E-state index contributed by atoms with van der Waals surface area (Å²) >= 11 is 0. The van der Waals surface area contributed by atoms with E-state index in [1.165, 1.54) is 0 Å². The summed E-state index contributed by atoms with van der Waals surface area (Å²) in [6.07, 6.45) is 1.85. The monoisotopic (exact) mass is 260 g/mol. The average Bonchev–Trinajstić information content (AvgIpc) is 2.45. The van der Waals surface area contributed by atoms with Gasteiger partial charge in [0, 0.05) is 38.3 Å². The zero-order chi connectivity index (χ0) is 13.5. The summed E-state index contributed by atoms with van der Waals surface area (Å²) in [5.74, 6) is 0.679. The second kappa shape index (κ2) is 7.01. The fourth-order valence-corrected chi connectivity index (χ4v) is 1.77. The SMILES string of the molecule is COCCN(C)CCNc1ncc2ccccc2n1. The van der Waals surface area contributed by atoms with Crippen LogP contribution in [0.15, 0.2) is 30.5 Å². The van der Waals surface area contributed by atoms with E-state index in [-0.39, 0.29) is 0 Å². The van der Waals surface area contributed by atoms with E-state index in [0.29, 0.717) is 5.95 Å². The van der Waals surface area contributed by atoms with E-state index in [9.17, 15) is 0 Å². The van der Waals surface area contributed by atoms with Gasteiger partial charge in [0.2, 0.25) is 5.95 Å². The zero-order valence-corrected chi connectivity index (χ0v) is 11.5. The molecule has 0 unspecified atom stereocenters. The van der Waals surface area contributed by atoms with Gasteiger partial charge in [-0.05, 0) is 13.1 Å². The second-order valence-corrected chi connectivity index (χ2v) is 4.48. The first kappa shape index (κ1) is 13.7. The highest BCUT2D eigenvalue weighted by Gasteiger charge is 2.00. The van der Waals surface area contributed by atoms with Gasteiger partial charge < -0.3 is 15.0 Å². The van der Waals surface area contributed by atoms with Gasteiger partial charge in [0.15, 0.2) is 0 Å². The number of hydrogen-bond acceptors (Lipinski definition) is 5. The standard InChI is InChI=1S/C14H20N4O/c1-18(9-10-19-2)8-7-15-14-16-11-12-5-3-4-6-13(12)17-14/h3-6,11H,7-10H2,1-2H3,(H,15,16,17). The number of nitrogens with zero attached hydrogens (tertiary/aromatic N) is 3. The predicted molar refractivity (Wildman–Crippen MR) is 77.4 cm³/mol. The van der Waals surface area contributed by atoms with E-state index in [4.69, 9.17) is 4.74 Å². The van der Waals surface area contributed by atoms with E-state index in [2.05, 4.69) is 27.2 Å². The topological polar surface area (TPSA) is 50.3 Å². The maximum absolute atomic E-state index is 5.04. The highest BCUT2D eigenvalue weighted by atomic mass is 16.5. The first-order chi connectivity index (χ1) is 9.29. The van der Waals surface area contributed by atoms with Crippen molar-refractivity contribution in [3.63, 3.8) is 0 Å². The summed E-state index contributed by atoms with van der Waals surface area (Å²) in [4.78, 5) is 11.0. The minimum Gasteiger partial charge on any atom is -0.383 e. The molecule has 1 aromatic heterocycles. The van der Waals surface area contributed by atoms with Crippen molar-refractivity contribution in [2.24, 2.45) is 0 Å². The Kier molecular flexibility index (Phi) is 5.06. The van der Waals surface area contributed by atoms with E-state index in [1.807, 2.05) is 30.5 Å². The smallest absolute Gasteiger partial charge is 0.223 e. The molecule has 19 heavy (non-hydrogen) atoms. The molecule has 2 rings (SSSR count). The predicted octanol–water partition coefficient (Wildman–Crippen LogP) is 1.62. The zero-order valence-electron chi connectivity index (χ0n) is 11.5. The molecule has 102 valence electrons. The van der Waals surface area contributed by atoms with Gasteiger partial charge in [-0.15, -0.1) is 0 Å². The van der Waals surface area contributed by atoms with Crippen LogP contribution in [0.4, 0.5) is 5.95 Å². The lowest BCUT2D eigenvalue weighted by molar-refractivity contribution is 0.163. The van der Waals surface area contributed by atoms with Crippen molar-refractivity contribution in [2.75, 3.05) is 45.7 Å². The van der Waals surface area contributed by atoms with Gasteiger partial charge in [-0.2, -0.15) is 0 Å². The third kappa shape index (κ3) is 4.15. The number of rotatable bonds is 7. The fourth-order valence-electron chi connectivity index (χ4n) is 1.77. The van der Waals surface area contributed by atoms with E-state index >= 15 is 0 Å². The summed E-state index contributed by atoms with van der Waals surface area (Å²) < 4.78 is 5.04. The molecule has 0 spiro atoms. The van der Waals surface area contributed by atoms with Crippen molar-refractivity contribution in [3.8, 4) is 0 Å². The number of methoxy groups -OCH3 is 1. The van der Waals surface area contributed by atoms with Gasteiger partial charge in [-0.1, -0.05) is 18.2 Å². The summed E-state index contributed by atoms with van der Waals surface area (Å²) in [7, 11) is 3.79. The van der Waals surface area contributed by atoms with Crippen LogP contribution in [0.2, 0.25) is 0 Å². The second-order valence-electron chi connectivity index (χ2n) is 4.48.